The second-order valence-electron chi connectivity index (χ2n) is 8.70. The van der Waals surface area contributed by atoms with Gasteiger partial charge in [0.15, 0.2) is 11.8 Å². The first kappa shape index (κ1) is 25.0. The maximum atomic E-state index is 4.79. The first-order valence-corrected chi connectivity index (χ1v) is 12.0. The van der Waals surface area contributed by atoms with Crippen molar-refractivity contribution in [1.82, 2.24) is 30.3 Å². The van der Waals surface area contributed by atoms with Crippen LogP contribution in [0.5, 0.6) is 0 Å². The Morgan fingerprint density at radius 2 is 1.62 bits per heavy atom. The Balaban J connectivity index is 0.00000289. The molecule has 2 aliphatic heterocycles. The Bertz CT molecular complexity index is 841. The Morgan fingerprint density at radius 1 is 0.906 bits per heavy atom. The fourth-order valence-corrected chi connectivity index (χ4v) is 4.48. The number of likely N-dealkylation sites (tertiary alicyclic amines) is 1. The van der Waals surface area contributed by atoms with Gasteiger partial charge in [-0.05, 0) is 56.8 Å². The molecule has 0 aliphatic carbocycles. The van der Waals surface area contributed by atoms with Crippen LogP contribution in [0, 0.1) is 0 Å². The number of piperidine rings is 1. The van der Waals surface area contributed by atoms with Crippen molar-refractivity contribution in [2.24, 2.45) is 4.99 Å². The molecule has 1 saturated heterocycles. The van der Waals surface area contributed by atoms with E-state index in [1.807, 2.05) is 0 Å². The number of fused-ring (bicyclic) bond motifs is 1. The summed E-state index contributed by atoms with van der Waals surface area (Å²) in [5.41, 5.74) is 2.63. The molecule has 0 radical (unpaired) electrons. The van der Waals surface area contributed by atoms with E-state index in [0.717, 1.165) is 43.7 Å². The van der Waals surface area contributed by atoms with Crippen molar-refractivity contribution in [3.63, 3.8) is 0 Å². The van der Waals surface area contributed by atoms with Gasteiger partial charge in [0.05, 0.1) is 13.1 Å². The maximum Gasteiger partial charge on any atom is 0.191 e. The number of nitrogens with zero attached hydrogens (tertiary/aromatic N) is 5. The molecule has 0 atom stereocenters. The first-order valence-electron chi connectivity index (χ1n) is 12.0. The molecule has 1 fully saturated rings. The average Bonchev–Trinajstić information content (AvgIpc) is 3.03. The van der Waals surface area contributed by atoms with Crippen LogP contribution in [0.1, 0.15) is 68.2 Å². The van der Waals surface area contributed by atoms with Gasteiger partial charge in [0.1, 0.15) is 5.82 Å². The van der Waals surface area contributed by atoms with E-state index in [1.165, 1.54) is 62.7 Å². The van der Waals surface area contributed by atoms with Gasteiger partial charge in [-0.3, -0.25) is 4.90 Å². The Morgan fingerprint density at radius 3 is 2.41 bits per heavy atom. The van der Waals surface area contributed by atoms with Crippen LogP contribution in [0.3, 0.4) is 0 Å². The molecule has 32 heavy (non-hydrogen) atoms. The van der Waals surface area contributed by atoms with Crippen molar-refractivity contribution in [3.05, 3.63) is 47.0 Å². The van der Waals surface area contributed by atoms with Crippen LogP contribution in [-0.2, 0) is 32.6 Å². The van der Waals surface area contributed by atoms with Crippen molar-refractivity contribution >= 4 is 29.9 Å². The SMILES string of the molecule is CCNC(=NCc1ccc(CN2CCCCC2)cc1)NCc1nnc2n1CCCCC2.I. The molecular weight excluding hydrogens is 513 g/mol. The second-order valence-corrected chi connectivity index (χ2v) is 8.70. The number of hydrogen-bond acceptors (Lipinski definition) is 4. The van der Waals surface area contributed by atoms with Gasteiger partial charge in [-0.25, -0.2) is 4.99 Å². The van der Waals surface area contributed by atoms with Crippen LogP contribution >= 0.6 is 24.0 Å². The van der Waals surface area contributed by atoms with Crippen LogP contribution < -0.4 is 10.6 Å². The predicted octanol–water partition coefficient (Wildman–Crippen LogP) is 3.86. The minimum absolute atomic E-state index is 0. The van der Waals surface area contributed by atoms with Gasteiger partial charge in [0.2, 0.25) is 0 Å². The fraction of sp³-hybridized carbons (Fsp3) is 0.625. The van der Waals surface area contributed by atoms with Crippen LogP contribution in [0.2, 0.25) is 0 Å². The highest BCUT2D eigenvalue weighted by Gasteiger charge is 2.15. The minimum Gasteiger partial charge on any atom is -0.357 e. The summed E-state index contributed by atoms with van der Waals surface area (Å²) in [6.45, 7) is 8.80. The van der Waals surface area contributed by atoms with Crippen LogP contribution in [0.4, 0.5) is 0 Å². The highest BCUT2D eigenvalue weighted by atomic mass is 127. The third-order valence-corrected chi connectivity index (χ3v) is 6.24. The lowest BCUT2D eigenvalue weighted by molar-refractivity contribution is 0.221. The molecule has 0 amide bonds. The average molecular weight is 552 g/mol. The minimum atomic E-state index is 0. The predicted molar refractivity (Wildman–Crippen MR) is 140 cm³/mol. The van der Waals surface area contributed by atoms with Gasteiger partial charge >= 0.3 is 0 Å². The van der Waals surface area contributed by atoms with Crippen molar-refractivity contribution in [1.29, 1.82) is 0 Å². The summed E-state index contributed by atoms with van der Waals surface area (Å²) < 4.78 is 2.28. The number of benzene rings is 1. The molecular formula is C24H38IN7. The summed E-state index contributed by atoms with van der Waals surface area (Å²) in [5.74, 6) is 2.95. The van der Waals surface area contributed by atoms with E-state index in [1.54, 1.807) is 0 Å². The third kappa shape index (κ3) is 7.16. The Hall–Kier alpha value is -1.68. The lowest BCUT2D eigenvalue weighted by Crippen LogP contribution is -2.37. The number of halogens is 1. The van der Waals surface area contributed by atoms with Gasteiger partial charge in [-0.2, -0.15) is 0 Å². The maximum absolute atomic E-state index is 4.79. The second kappa shape index (κ2) is 13.1. The number of rotatable bonds is 7. The van der Waals surface area contributed by atoms with Gasteiger partial charge in [-0.1, -0.05) is 37.1 Å². The van der Waals surface area contributed by atoms with E-state index >= 15 is 0 Å². The molecule has 1 aromatic heterocycles. The van der Waals surface area contributed by atoms with Gasteiger partial charge in [-0.15, -0.1) is 34.2 Å². The zero-order chi connectivity index (χ0) is 21.3. The molecule has 0 unspecified atom stereocenters. The van der Waals surface area contributed by atoms with Crippen LogP contribution in [0.15, 0.2) is 29.3 Å². The zero-order valence-corrected chi connectivity index (χ0v) is 21.7. The van der Waals surface area contributed by atoms with Gasteiger partial charge in [0, 0.05) is 26.1 Å². The van der Waals surface area contributed by atoms with E-state index in [0.29, 0.717) is 13.1 Å². The summed E-state index contributed by atoms with van der Waals surface area (Å²) in [4.78, 5) is 7.35. The summed E-state index contributed by atoms with van der Waals surface area (Å²) >= 11 is 0. The normalized spacial score (nSPS) is 17.2. The molecule has 7 nitrogen and oxygen atoms in total. The highest BCUT2D eigenvalue weighted by molar-refractivity contribution is 14.0. The van der Waals surface area contributed by atoms with Gasteiger partial charge < -0.3 is 15.2 Å². The summed E-state index contributed by atoms with van der Waals surface area (Å²) in [7, 11) is 0. The lowest BCUT2D eigenvalue weighted by Gasteiger charge is -2.26. The van der Waals surface area contributed by atoms with Crippen LogP contribution in [0.25, 0.3) is 0 Å². The van der Waals surface area contributed by atoms with Gasteiger partial charge in [0.25, 0.3) is 0 Å². The van der Waals surface area contributed by atoms with Crippen molar-refractivity contribution in [2.45, 2.75) is 78.0 Å². The number of guanidine groups is 1. The number of nitrogens with one attached hydrogen (secondary N) is 2. The molecule has 176 valence electrons. The standard InChI is InChI=1S/C24H37N7.HI/c1-2-25-24(27-18-23-29-28-22-9-5-3-8-16-31(22)23)26-17-20-10-12-21(13-11-20)19-30-14-6-4-7-15-30;/h10-13H,2-9,14-19H2,1H3,(H2,25,26,27);1H. The van der Waals surface area contributed by atoms with E-state index in [2.05, 4.69) is 61.5 Å². The zero-order valence-electron chi connectivity index (χ0n) is 19.4. The highest BCUT2D eigenvalue weighted by Crippen LogP contribution is 2.15. The molecule has 3 heterocycles. The molecule has 8 heteroatoms. The van der Waals surface area contributed by atoms with Crippen LogP contribution in [-0.4, -0.2) is 45.3 Å². The largest absolute Gasteiger partial charge is 0.357 e. The van der Waals surface area contributed by atoms with E-state index < -0.39 is 0 Å². The summed E-state index contributed by atoms with van der Waals surface area (Å²) in [6, 6.07) is 8.94. The van der Waals surface area contributed by atoms with Crippen molar-refractivity contribution in [3.8, 4) is 0 Å². The molecule has 4 rings (SSSR count). The summed E-state index contributed by atoms with van der Waals surface area (Å²) in [5, 5.41) is 15.6. The number of hydrogen-bond donors (Lipinski definition) is 2. The molecule has 2 aliphatic rings. The molecule has 1 aromatic carbocycles. The van der Waals surface area contributed by atoms with Crippen molar-refractivity contribution < 1.29 is 0 Å². The monoisotopic (exact) mass is 551 g/mol. The molecule has 2 N–H and O–H groups in total. The molecule has 0 bridgehead atoms. The summed E-state index contributed by atoms with van der Waals surface area (Å²) in [6.07, 6.45) is 8.79. The smallest absolute Gasteiger partial charge is 0.191 e. The Kier molecular flexibility index (Phi) is 10.2. The first-order chi connectivity index (χ1) is 15.3. The topological polar surface area (TPSA) is 70.4 Å². The molecule has 2 aromatic rings. The number of aryl methyl sites for hydroxylation is 1. The quantitative estimate of drug-likeness (QED) is 0.311. The molecule has 0 spiro atoms. The lowest BCUT2D eigenvalue weighted by atomic mass is 10.1. The molecule has 0 saturated carbocycles. The number of aromatic nitrogens is 3. The van der Waals surface area contributed by atoms with E-state index in [9.17, 15) is 0 Å². The van der Waals surface area contributed by atoms with E-state index in [4.69, 9.17) is 4.99 Å². The van der Waals surface area contributed by atoms with E-state index in [-0.39, 0.29) is 24.0 Å². The third-order valence-electron chi connectivity index (χ3n) is 6.24. The fourth-order valence-electron chi connectivity index (χ4n) is 4.48. The van der Waals surface area contributed by atoms with Crippen molar-refractivity contribution in [2.75, 3.05) is 19.6 Å². The number of aliphatic imine (C=N–C) groups is 1. The Labute approximate surface area is 209 Å².